The molecule has 6 nitrogen and oxygen atoms in total. The fourth-order valence-electron chi connectivity index (χ4n) is 3.79. The van der Waals surface area contributed by atoms with E-state index in [0.717, 1.165) is 31.2 Å². The van der Waals surface area contributed by atoms with Crippen molar-refractivity contribution >= 4 is 23.5 Å². The minimum atomic E-state index is -0.621. The van der Waals surface area contributed by atoms with Crippen LogP contribution in [0.3, 0.4) is 0 Å². The Hall–Kier alpha value is -3.15. The summed E-state index contributed by atoms with van der Waals surface area (Å²) in [7, 11) is 0. The van der Waals surface area contributed by atoms with E-state index < -0.39 is 5.97 Å². The minimum Gasteiger partial charge on any atom is -0.452 e. The van der Waals surface area contributed by atoms with E-state index in [0.29, 0.717) is 12.2 Å². The van der Waals surface area contributed by atoms with E-state index in [1.165, 1.54) is 0 Å². The summed E-state index contributed by atoms with van der Waals surface area (Å²) in [4.78, 5) is 39.3. The number of nitrogens with zero attached hydrogens (tertiary/aromatic N) is 1. The van der Waals surface area contributed by atoms with E-state index in [9.17, 15) is 14.4 Å². The van der Waals surface area contributed by atoms with Gasteiger partial charge in [-0.15, -0.1) is 0 Å². The maximum absolute atomic E-state index is 12.6. The van der Waals surface area contributed by atoms with Gasteiger partial charge in [0.25, 0.3) is 5.91 Å². The number of ether oxygens (including phenoxy) is 1. The van der Waals surface area contributed by atoms with Crippen LogP contribution < -0.4 is 5.32 Å². The summed E-state index contributed by atoms with van der Waals surface area (Å²) < 4.78 is 5.30. The Kier molecular flexibility index (Phi) is 7.60. The fourth-order valence-corrected chi connectivity index (χ4v) is 3.79. The lowest BCUT2D eigenvalue weighted by atomic mass is 10.00. The van der Waals surface area contributed by atoms with Crippen molar-refractivity contribution in [3.8, 4) is 0 Å². The Morgan fingerprint density at radius 1 is 1.03 bits per heavy atom. The molecule has 30 heavy (non-hydrogen) atoms. The molecule has 1 aliphatic heterocycles. The van der Waals surface area contributed by atoms with Gasteiger partial charge >= 0.3 is 5.97 Å². The van der Waals surface area contributed by atoms with Gasteiger partial charge in [0.1, 0.15) is 0 Å². The van der Waals surface area contributed by atoms with Crippen LogP contribution in [0.15, 0.2) is 54.6 Å². The minimum absolute atomic E-state index is 0.166. The zero-order valence-corrected chi connectivity index (χ0v) is 17.3. The Balaban J connectivity index is 1.59. The highest BCUT2D eigenvalue weighted by Gasteiger charge is 2.26. The number of carbonyl (C=O) groups is 3. The molecule has 2 aromatic rings. The zero-order valence-electron chi connectivity index (χ0n) is 17.3. The van der Waals surface area contributed by atoms with E-state index >= 15 is 0 Å². The molecule has 0 bridgehead atoms. The van der Waals surface area contributed by atoms with Crippen molar-refractivity contribution in [2.24, 2.45) is 0 Å². The van der Waals surface area contributed by atoms with Crippen LogP contribution in [0, 0.1) is 0 Å². The second kappa shape index (κ2) is 10.6. The van der Waals surface area contributed by atoms with Gasteiger partial charge in [-0.25, -0.2) is 4.79 Å². The number of benzene rings is 2. The van der Waals surface area contributed by atoms with Crippen molar-refractivity contribution in [3.05, 3.63) is 65.7 Å². The van der Waals surface area contributed by atoms with Crippen LogP contribution in [0.1, 0.15) is 48.5 Å². The lowest BCUT2D eigenvalue weighted by Crippen LogP contribution is -2.45. The normalized spacial score (nSPS) is 16.0. The Bertz CT molecular complexity index is 882. The van der Waals surface area contributed by atoms with Gasteiger partial charge < -0.3 is 15.0 Å². The molecule has 0 aliphatic carbocycles. The van der Waals surface area contributed by atoms with Gasteiger partial charge in [-0.1, -0.05) is 49.4 Å². The topological polar surface area (TPSA) is 75.7 Å². The van der Waals surface area contributed by atoms with Gasteiger partial charge in [0.05, 0.1) is 17.7 Å². The number of carbonyl (C=O) groups excluding carboxylic acids is 3. The molecule has 1 saturated heterocycles. The molecule has 6 heteroatoms. The SMILES string of the molecule is CC[C@@H]1CCCCN1C(=O)COC(=O)c1ccccc1NC(=O)Cc1ccccc1. The first kappa shape index (κ1) is 21.6. The third-order valence-corrected chi connectivity index (χ3v) is 5.37. The van der Waals surface area contributed by atoms with Gasteiger partial charge in [-0.05, 0) is 43.4 Å². The number of amides is 2. The number of nitrogens with one attached hydrogen (secondary N) is 1. The summed E-state index contributed by atoms with van der Waals surface area (Å²) in [5.41, 5.74) is 1.49. The number of para-hydroxylation sites is 1. The molecule has 0 radical (unpaired) electrons. The van der Waals surface area contributed by atoms with Crippen molar-refractivity contribution in [1.29, 1.82) is 0 Å². The molecule has 158 valence electrons. The zero-order chi connectivity index (χ0) is 21.3. The third-order valence-electron chi connectivity index (χ3n) is 5.37. The maximum Gasteiger partial charge on any atom is 0.340 e. The maximum atomic E-state index is 12.6. The number of rotatable bonds is 7. The van der Waals surface area contributed by atoms with Crippen LogP contribution in [-0.2, 0) is 20.7 Å². The number of esters is 1. The quantitative estimate of drug-likeness (QED) is 0.707. The summed E-state index contributed by atoms with van der Waals surface area (Å²) in [6, 6.07) is 16.3. The van der Waals surface area contributed by atoms with Crippen LogP contribution in [-0.4, -0.2) is 41.9 Å². The molecule has 1 fully saturated rings. The molecular formula is C24H28N2O4. The van der Waals surface area contributed by atoms with Crippen molar-refractivity contribution in [2.45, 2.75) is 45.1 Å². The molecule has 1 atom stereocenters. The summed E-state index contributed by atoms with van der Waals surface area (Å²) in [6.45, 7) is 2.49. The van der Waals surface area contributed by atoms with Crippen LogP contribution in [0.4, 0.5) is 5.69 Å². The largest absolute Gasteiger partial charge is 0.452 e. The smallest absolute Gasteiger partial charge is 0.340 e. The molecule has 0 spiro atoms. The van der Waals surface area contributed by atoms with E-state index in [2.05, 4.69) is 12.2 Å². The molecule has 2 amide bonds. The standard InChI is InChI=1S/C24H28N2O4/c1-2-19-12-8-9-15-26(19)23(28)17-30-24(29)20-13-6-7-14-21(20)25-22(27)16-18-10-4-3-5-11-18/h3-7,10-11,13-14,19H,2,8-9,12,15-17H2,1H3,(H,25,27)/t19-/m1/s1. The highest BCUT2D eigenvalue weighted by atomic mass is 16.5. The van der Waals surface area contributed by atoms with E-state index in [4.69, 9.17) is 4.74 Å². The number of piperidine rings is 1. The summed E-state index contributed by atoms with van der Waals surface area (Å²) >= 11 is 0. The Labute approximate surface area is 177 Å². The van der Waals surface area contributed by atoms with Gasteiger partial charge in [0, 0.05) is 12.6 Å². The van der Waals surface area contributed by atoms with Crippen LogP contribution in [0.2, 0.25) is 0 Å². The fraction of sp³-hybridized carbons (Fsp3) is 0.375. The van der Waals surface area contributed by atoms with Gasteiger partial charge in [0.15, 0.2) is 6.61 Å². The van der Waals surface area contributed by atoms with Gasteiger partial charge in [0.2, 0.25) is 5.91 Å². The molecule has 1 heterocycles. The van der Waals surface area contributed by atoms with Crippen LogP contribution in [0.25, 0.3) is 0 Å². The number of hydrogen-bond donors (Lipinski definition) is 1. The van der Waals surface area contributed by atoms with Crippen molar-refractivity contribution in [3.63, 3.8) is 0 Å². The average molecular weight is 408 g/mol. The van der Waals surface area contributed by atoms with E-state index in [-0.39, 0.29) is 36.4 Å². The first-order valence-corrected chi connectivity index (χ1v) is 10.5. The first-order valence-electron chi connectivity index (χ1n) is 10.5. The highest BCUT2D eigenvalue weighted by Crippen LogP contribution is 2.20. The Morgan fingerprint density at radius 2 is 1.77 bits per heavy atom. The molecule has 0 unspecified atom stereocenters. The molecule has 0 saturated carbocycles. The summed E-state index contributed by atoms with van der Waals surface area (Å²) in [6.07, 6.45) is 4.20. The third kappa shape index (κ3) is 5.69. The molecular weight excluding hydrogens is 380 g/mol. The lowest BCUT2D eigenvalue weighted by Gasteiger charge is -2.35. The number of anilines is 1. The molecule has 1 aliphatic rings. The van der Waals surface area contributed by atoms with Crippen LogP contribution >= 0.6 is 0 Å². The highest BCUT2D eigenvalue weighted by molar-refractivity contribution is 6.02. The predicted octanol–water partition coefficient (Wildman–Crippen LogP) is 3.82. The summed E-state index contributed by atoms with van der Waals surface area (Å²) in [5, 5.41) is 2.77. The molecule has 0 aromatic heterocycles. The number of likely N-dealkylation sites (tertiary alicyclic amines) is 1. The molecule has 1 N–H and O–H groups in total. The summed E-state index contributed by atoms with van der Waals surface area (Å²) in [5.74, 6) is -1.01. The Morgan fingerprint density at radius 3 is 2.53 bits per heavy atom. The monoisotopic (exact) mass is 408 g/mol. The second-order valence-corrected chi connectivity index (χ2v) is 7.48. The lowest BCUT2D eigenvalue weighted by molar-refractivity contribution is -0.138. The van der Waals surface area contributed by atoms with Crippen molar-refractivity contribution in [2.75, 3.05) is 18.5 Å². The second-order valence-electron chi connectivity index (χ2n) is 7.48. The van der Waals surface area contributed by atoms with Crippen molar-refractivity contribution < 1.29 is 19.1 Å². The number of hydrogen-bond acceptors (Lipinski definition) is 4. The van der Waals surface area contributed by atoms with E-state index in [1.807, 2.05) is 35.2 Å². The molecule has 3 rings (SSSR count). The average Bonchev–Trinajstić information content (AvgIpc) is 2.78. The first-order chi connectivity index (χ1) is 14.6. The predicted molar refractivity (Wildman–Crippen MR) is 115 cm³/mol. The van der Waals surface area contributed by atoms with E-state index in [1.54, 1.807) is 24.3 Å². The van der Waals surface area contributed by atoms with Crippen molar-refractivity contribution in [1.82, 2.24) is 4.90 Å². The van der Waals surface area contributed by atoms with Gasteiger partial charge in [-0.2, -0.15) is 0 Å². The van der Waals surface area contributed by atoms with Gasteiger partial charge in [-0.3, -0.25) is 9.59 Å². The van der Waals surface area contributed by atoms with Crippen LogP contribution in [0.5, 0.6) is 0 Å². The molecule has 2 aromatic carbocycles.